The minimum Gasteiger partial charge on any atom is -0.490 e. The zero-order valence-corrected chi connectivity index (χ0v) is 12.4. The summed E-state index contributed by atoms with van der Waals surface area (Å²) in [4.78, 5) is 0. The van der Waals surface area contributed by atoms with E-state index in [9.17, 15) is 8.42 Å². The first-order valence-electron chi connectivity index (χ1n) is 7.34. The average molecular weight is 295 g/mol. The van der Waals surface area contributed by atoms with Gasteiger partial charge in [0.2, 0.25) is 0 Å². The van der Waals surface area contributed by atoms with E-state index in [0.717, 1.165) is 24.3 Å². The molecular formula is C15H21NO3S. The van der Waals surface area contributed by atoms with Crippen LogP contribution in [0.2, 0.25) is 0 Å². The molecule has 2 aliphatic rings. The third-order valence-corrected chi connectivity index (χ3v) is 5.83. The van der Waals surface area contributed by atoms with Gasteiger partial charge in [0.05, 0.1) is 17.6 Å². The lowest BCUT2D eigenvalue weighted by Crippen LogP contribution is -2.20. The molecule has 1 saturated heterocycles. The summed E-state index contributed by atoms with van der Waals surface area (Å²) in [5.74, 6) is 1.45. The first-order chi connectivity index (χ1) is 9.61. The number of hydrogen-bond acceptors (Lipinski definition) is 4. The Labute approximate surface area is 120 Å². The summed E-state index contributed by atoms with van der Waals surface area (Å²) >= 11 is 0. The van der Waals surface area contributed by atoms with E-state index in [1.54, 1.807) is 0 Å². The second-order valence-electron chi connectivity index (χ2n) is 5.79. The van der Waals surface area contributed by atoms with Crippen LogP contribution >= 0.6 is 0 Å². The van der Waals surface area contributed by atoms with Crippen LogP contribution in [0.25, 0.3) is 0 Å². The molecule has 1 aromatic carbocycles. The molecule has 0 amide bonds. The third kappa shape index (κ3) is 3.45. The van der Waals surface area contributed by atoms with E-state index in [1.165, 1.54) is 12.8 Å². The minimum absolute atomic E-state index is 0.0431. The summed E-state index contributed by atoms with van der Waals surface area (Å²) in [6.07, 6.45) is 5.90. The fraction of sp³-hybridized carbons (Fsp3) is 0.600. The Balaban J connectivity index is 1.56. The van der Waals surface area contributed by atoms with Crippen LogP contribution in [0, 0.1) is 0 Å². The van der Waals surface area contributed by atoms with E-state index in [0.29, 0.717) is 18.3 Å². The number of ether oxygens (including phenoxy) is 1. The highest BCUT2D eigenvalue weighted by molar-refractivity contribution is 7.91. The number of sulfone groups is 1. The molecule has 5 heteroatoms. The summed E-state index contributed by atoms with van der Waals surface area (Å²) in [5.41, 5.74) is 0.964. The van der Waals surface area contributed by atoms with Gasteiger partial charge < -0.3 is 10.1 Å². The molecule has 1 aromatic rings. The van der Waals surface area contributed by atoms with Gasteiger partial charge in [-0.15, -0.1) is 0 Å². The molecule has 1 heterocycles. The zero-order chi connectivity index (χ0) is 14.0. The average Bonchev–Trinajstić information content (AvgIpc) is 3.02. The Morgan fingerprint density at radius 2 is 1.75 bits per heavy atom. The molecule has 1 saturated carbocycles. The molecule has 1 aliphatic heterocycles. The molecule has 3 rings (SSSR count). The van der Waals surface area contributed by atoms with Crippen LogP contribution in [0.15, 0.2) is 24.3 Å². The third-order valence-electron chi connectivity index (χ3n) is 4.06. The predicted molar refractivity (Wildman–Crippen MR) is 80.0 cm³/mol. The maximum Gasteiger partial charge on any atom is 0.152 e. The number of hydrogen-bond donors (Lipinski definition) is 1. The second kappa shape index (κ2) is 5.64. The molecule has 2 fully saturated rings. The van der Waals surface area contributed by atoms with Gasteiger partial charge in [0, 0.05) is 11.7 Å². The Bertz CT molecular complexity index is 547. The fourth-order valence-corrected chi connectivity index (χ4v) is 4.65. The first-order valence-corrected chi connectivity index (χ1v) is 9.16. The van der Waals surface area contributed by atoms with E-state index >= 15 is 0 Å². The predicted octanol–water partition coefficient (Wildman–Crippen LogP) is 2.61. The Morgan fingerprint density at radius 3 is 2.35 bits per heavy atom. The molecule has 1 N–H and O–H groups in total. The van der Waals surface area contributed by atoms with Crippen LogP contribution in [0.1, 0.15) is 32.1 Å². The minimum atomic E-state index is -2.83. The van der Waals surface area contributed by atoms with Crippen molar-refractivity contribution < 1.29 is 13.2 Å². The van der Waals surface area contributed by atoms with Crippen LogP contribution in [0.4, 0.5) is 5.69 Å². The number of benzene rings is 1. The van der Waals surface area contributed by atoms with Crippen molar-refractivity contribution in [3.05, 3.63) is 24.3 Å². The van der Waals surface area contributed by atoms with Crippen molar-refractivity contribution >= 4 is 15.5 Å². The Hall–Kier alpha value is -1.23. The zero-order valence-electron chi connectivity index (χ0n) is 11.5. The lowest BCUT2D eigenvalue weighted by Gasteiger charge is -2.15. The summed E-state index contributed by atoms with van der Waals surface area (Å²) in [5, 5.41) is 3.28. The summed E-state index contributed by atoms with van der Waals surface area (Å²) < 4.78 is 28.7. The highest BCUT2D eigenvalue weighted by Gasteiger charge is 2.27. The molecule has 1 aliphatic carbocycles. The van der Waals surface area contributed by atoms with Crippen LogP contribution in [-0.2, 0) is 9.84 Å². The SMILES string of the molecule is O=S1(=O)CCC(Nc2ccc(OC3CCCC3)cc2)C1. The molecule has 1 unspecified atom stereocenters. The van der Waals surface area contributed by atoms with Gasteiger partial charge in [-0.05, 0) is 56.4 Å². The van der Waals surface area contributed by atoms with Gasteiger partial charge >= 0.3 is 0 Å². The normalized spacial score (nSPS) is 25.7. The highest BCUT2D eigenvalue weighted by Crippen LogP contribution is 2.25. The Morgan fingerprint density at radius 1 is 1.05 bits per heavy atom. The van der Waals surface area contributed by atoms with Crippen molar-refractivity contribution in [3.63, 3.8) is 0 Å². The number of rotatable bonds is 4. The molecule has 4 nitrogen and oxygen atoms in total. The smallest absolute Gasteiger partial charge is 0.152 e. The lowest BCUT2D eigenvalue weighted by molar-refractivity contribution is 0.210. The van der Waals surface area contributed by atoms with E-state index in [2.05, 4.69) is 5.32 Å². The molecule has 0 spiro atoms. The van der Waals surface area contributed by atoms with Crippen molar-refractivity contribution in [2.24, 2.45) is 0 Å². The van der Waals surface area contributed by atoms with Crippen LogP contribution in [-0.4, -0.2) is 32.1 Å². The second-order valence-corrected chi connectivity index (χ2v) is 8.02. The van der Waals surface area contributed by atoms with Gasteiger partial charge in [-0.25, -0.2) is 8.42 Å². The fourth-order valence-electron chi connectivity index (χ4n) is 2.97. The van der Waals surface area contributed by atoms with Crippen LogP contribution < -0.4 is 10.1 Å². The Kier molecular flexibility index (Phi) is 3.87. The van der Waals surface area contributed by atoms with Gasteiger partial charge in [-0.3, -0.25) is 0 Å². The van der Waals surface area contributed by atoms with Gasteiger partial charge in [-0.2, -0.15) is 0 Å². The topological polar surface area (TPSA) is 55.4 Å². The van der Waals surface area contributed by atoms with Crippen molar-refractivity contribution in [2.45, 2.75) is 44.2 Å². The number of anilines is 1. The highest BCUT2D eigenvalue weighted by atomic mass is 32.2. The van der Waals surface area contributed by atoms with Gasteiger partial charge in [0.15, 0.2) is 9.84 Å². The summed E-state index contributed by atoms with van der Waals surface area (Å²) in [7, 11) is -2.83. The molecule has 0 aromatic heterocycles. The van der Waals surface area contributed by atoms with Crippen molar-refractivity contribution in [1.29, 1.82) is 0 Å². The quantitative estimate of drug-likeness (QED) is 0.927. The maximum atomic E-state index is 11.4. The van der Waals surface area contributed by atoms with Gasteiger partial charge in [0.25, 0.3) is 0 Å². The van der Waals surface area contributed by atoms with Gasteiger partial charge in [-0.1, -0.05) is 0 Å². The molecule has 20 heavy (non-hydrogen) atoms. The van der Waals surface area contributed by atoms with E-state index in [1.807, 2.05) is 24.3 Å². The van der Waals surface area contributed by atoms with Crippen molar-refractivity contribution in [2.75, 3.05) is 16.8 Å². The number of nitrogens with one attached hydrogen (secondary N) is 1. The molecule has 1 atom stereocenters. The maximum absolute atomic E-state index is 11.4. The standard InChI is InChI=1S/C15H21NO3S/c17-20(18)10-9-13(11-20)16-12-5-7-15(8-6-12)19-14-3-1-2-4-14/h5-8,13-14,16H,1-4,9-11H2. The summed E-state index contributed by atoms with van der Waals surface area (Å²) in [6.45, 7) is 0. The largest absolute Gasteiger partial charge is 0.490 e. The van der Waals surface area contributed by atoms with Crippen molar-refractivity contribution in [3.8, 4) is 5.75 Å². The van der Waals surface area contributed by atoms with Crippen molar-refractivity contribution in [1.82, 2.24) is 0 Å². The van der Waals surface area contributed by atoms with Crippen LogP contribution in [0.3, 0.4) is 0 Å². The monoisotopic (exact) mass is 295 g/mol. The molecule has 110 valence electrons. The molecule has 0 radical (unpaired) electrons. The first kappa shape index (κ1) is 13.7. The van der Waals surface area contributed by atoms with E-state index < -0.39 is 9.84 Å². The molecule has 0 bridgehead atoms. The van der Waals surface area contributed by atoms with Crippen LogP contribution in [0.5, 0.6) is 5.75 Å². The van der Waals surface area contributed by atoms with E-state index in [4.69, 9.17) is 4.74 Å². The summed E-state index contributed by atoms with van der Waals surface area (Å²) in [6, 6.07) is 7.90. The lowest BCUT2D eigenvalue weighted by atomic mass is 10.2. The molecular weight excluding hydrogens is 274 g/mol. The van der Waals surface area contributed by atoms with E-state index in [-0.39, 0.29) is 11.8 Å². The van der Waals surface area contributed by atoms with Gasteiger partial charge in [0.1, 0.15) is 5.75 Å².